The molecule has 0 saturated carbocycles. The van der Waals surface area contributed by atoms with E-state index in [4.69, 9.17) is 0 Å². The molecule has 0 aliphatic heterocycles. The minimum Gasteiger partial charge on any atom is -0.507 e. The molecule has 0 atom stereocenters. The Morgan fingerprint density at radius 1 is 1.09 bits per heavy atom. The van der Waals surface area contributed by atoms with Crippen LogP contribution in [0.15, 0.2) is 18.2 Å². The van der Waals surface area contributed by atoms with Crippen LogP contribution in [0.3, 0.4) is 0 Å². The van der Waals surface area contributed by atoms with Gasteiger partial charge in [-0.2, -0.15) is 0 Å². The zero-order valence-electron chi connectivity index (χ0n) is 7.09. The van der Waals surface area contributed by atoms with Crippen LogP contribution in [0.2, 0.25) is 0 Å². The average molecular weight is 150 g/mol. The number of aromatic hydroxyl groups is 1. The van der Waals surface area contributed by atoms with Crippen LogP contribution in [0.25, 0.3) is 0 Å². The van der Waals surface area contributed by atoms with Crippen molar-refractivity contribution in [3.8, 4) is 5.75 Å². The summed E-state index contributed by atoms with van der Waals surface area (Å²) in [5.74, 6) is 0.484. The second-order valence-electron chi connectivity index (χ2n) is 2.63. The lowest BCUT2D eigenvalue weighted by Gasteiger charge is -2.05. The van der Waals surface area contributed by atoms with Crippen LogP contribution >= 0.6 is 0 Å². The molecule has 1 rings (SSSR count). The maximum atomic E-state index is 9.59. The average Bonchev–Trinajstić information content (AvgIpc) is 2.05. The predicted octanol–water partition coefficient (Wildman–Crippen LogP) is 2.52. The maximum absolute atomic E-state index is 9.59. The Hall–Kier alpha value is -0.980. The number of phenols is 1. The fraction of sp³-hybridized carbons (Fsp3) is 0.400. The lowest BCUT2D eigenvalue weighted by molar-refractivity contribution is 0.462. The Labute approximate surface area is 67.7 Å². The Morgan fingerprint density at radius 2 is 1.55 bits per heavy atom. The van der Waals surface area contributed by atoms with Gasteiger partial charge in [-0.15, -0.1) is 0 Å². The molecule has 0 spiro atoms. The van der Waals surface area contributed by atoms with Gasteiger partial charge in [0, 0.05) is 0 Å². The van der Waals surface area contributed by atoms with Gasteiger partial charge in [0.2, 0.25) is 0 Å². The van der Waals surface area contributed by atoms with E-state index in [2.05, 4.69) is 13.8 Å². The predicted molar refractivity (Wildman–Crippen MR) is 46.9 cm³/mol. The second-order valence-corrected chi connectivity index (χ2v) is 2.63. The zero-order valence-corrected chi connectivity index (χ0v) is 7.09. The van der Waals surface area contributed by atoms with Gasteiger partial charge in [-0.1, -0.05) is 32.0 Å². The first-order chi connectivity index (χ1) is 5.29. The smallest absolute Gasteiger partial charge is 0.121 e. The molecule has 60 valence electrons. The minimum atomic E-state index is 0.484. The van der Waals surface area contributed by atoms with Gasteiger partial charge in [0.05, 0.1) is 0 Å². The minimum absolute atomic E-state index is 0.484. The SMILES string of the molecule is CCc1cccc(CC)c1O. The molecule has 0 heterocycles. The van der Waals surface area contributed by atoms with Gasteiger partial charge in [0.1, 0.15) is 5.75 Å². The molecule has 0 saturated heterocycles. The number of hydrogen-bond donors (Lipinski definition) is 1. The summed E-state index contributed by atoms with van der Waals surface area (Å²) in [7, 11) is 0. The molecule has 0 fully saturated rings. The van der Waals surface area contributed by atoms with Crippen LogP contribution in [0, 0.1) is 0 Å². The molecule has 1 aromatic rings. The van der Waals surface area contributed by atoms with Crippen LogP contribution in [0.4, 0.5) is 0 Å². The van der Waals surface area contributed by atoms with E-state index in [1.54, 1.807) is 0 Å². The standard InChI is InChI=1S/C10H14O/c1-3-8-6-5-7-9(4-2)10(8)11/h5-7,11H,3-4H2,1-2H3. The Kier molecular flexibility index (Phi) is 2.53. The molecule has 0 aliphatic carbocycles. The van der Waals surface area contributed by atoms with Gasteiger partial charge in [-0.25, -0.2) is 0 Å². The molecule has 1 heteroatoms. The van der Waals surface area contributed by atoms with Crippen molar-refractivity contribution < 1.29 is 5.11 Å². The summed E-state index contributed by atoms with van der Waals surface area (Å²) in [5.41, 5.74) is 2.09. The summed E-state index contributed by atoms with van der Waals surface area (Å²) in [6.45, 7) is 4.10. The molecule has 1 N–H and O–H groups in total. The number of para-hydroxylation sites is 1. The van der Waals surface area contributed by atoms with Crippen molar-refractivity contribution >= 4 is 0 Å². The van der Waals surface area contributed by atoms with Crippen LogP contribution in [-0.2, 0) is 12.8 Å². The van der Waals surface area contributed by atoms with Gasteiger partial charge in [-0.3, -0.25) is 0 Å². The van der Waals surface area contributed by atoms with Crippen LogP contribution in [-0.4, -0.2) is 5.11 Å². The molecule has 0 amide bonds. The van der Waals surface area contributed by atoms with Crippen molar-refractivity contribution in [2.24, 2.45) is 0 Å². The summed E-state index contributed by atoms with van der Waals surface area (Å²) < 4.78 is 0. The first-order valence-electron chi connectivity index (χ1n) is 4.09. The Morgan fingerprint density at radius 3 is 1.91 bits per heavy atom. The topological polar surface area (TPSA) is 20.2 Å². The molecule has 0 radical (unpaired) electrons. The third-order valence-electron chi connectivity index (χ3n) is 1.96. The molecule has 11 heavy (non-hydrogen) atoms. The molecule has 1 nitrogen and oxygen atoms in total. The normalized spacial score (nSPS) is 10.0. The highest BCUT2D eigenvalue weighted by Crippen LogP contribution is 2.22. The number of rotatable bonds is 2. The molecule has 1 aromatic carbocycles. The van der Waals surface area contributed by atoms with Crippen molar-refractivity contribution in [1.29, 1.82) is 0 Å². The van der Waals surface area contributed by atoms with E-state index in [0.29, 0.717) is 5.75 Å². The van der Waals surface area contributed by atoms with Gasteiger partial charge in [0.15, 0.2) is 0 Å². The lowest BCUT2D eigenvalue weighted by Crippen LogP contribution is -1.86. The highest BCUT2D eigenvalue weighted by molar-refractivity contribution is 5.40. The number of aryl methyl sites for hydroxylation is 2. The molecule has 0 bridgehead atoms. The molecule has 0 unspecified atom stereocenters. The van der Waals surface area contributed by atoms with Crippen LogP contribution in [0.1, 0.15) is 25.0 Å². The number of hydrogen-bond acceptors (Lipinski definition) is 1. The summed E-state index contributed by atoms with van der Waals surface area (Å²) >= 11 is 0. The van der Waals surface area contributed by atoms with Crippen molar-refractivity contribution in [3.63, 3.8) is 0 Å². The molecular formula is C10H14O. The van der Waals surface area contributed by atoms with Crippen molar-refractivity contribution in [3.05, 3.63) is 29.3 Å². The molecule has 0 aliphatic rings. The zero-order chi connectivity index (χ0) is 8.27. The first-order valence-corrected chi connectivity index (χ1v) is 4.09. The highest BCUT2D eigenvalue weighted by atomic mass is 16.3. The van der Waals surface area contributed by atoms with Gasteiger partial charge >= 0.3 is 0 Å². The van der Waals surface area contributed by atoms with E-state index in [0.717, 1.165) is 24.0 Å². The summed E-state index contributed by atoms with van der Waals surface area (Å²) in [6.07, 6.45) is 1.80. The first kappa shape index (κ1) is 8.12. The second kappa shape index (κ2) is 3.42. The van der Waals surface area contributed by atoms with E-state index >= 15 is 0 Å². The molecule has 0 aromatic heterocycles. The van der Waals surface area contributed by atoms with Gasteiger partial charge in [-0.05, 0) is 24.0 Å². The quantitative estimate of drug-likeness (QED) is 0.686. The van der Waals surface area contributed by atoms with Crippen molar-refractivity contribution in [2.45, 2.75) is 26.7 Å². The summed E-state index contributed by atoms with van der Waals surface area (Å²) in [6, 6.07) is 5.93. The number of phenolic OH excluding ortho intramolecular Hbond substituents is 1. The molecular weight excluding hydrogens is 136 g/mol. The maximum Gasteiger partial charge on any atom is 0.121 e. The number of benzene rings is 1. The largest absolute Gasteiger partial charge is 0.507 e. The van der Waals surface area contributed by atoms with E-state index < -0.39 is 0 Å². The van der Waals surface area contributed by atoms with Gasteiger partial charge in [0.25, 0.3) is 0 Å². The highest BCUT2D eigenvalue weighted by Gasteiger charge is 2.01. The van der Waals surface area contributed by atoms with Gasteiger partial charge < -0.3 is 5.11 Å². The lowest BCUT2D eigenvalue weighted by atomic mass is 10.1. The van der Waals surface area contributed by atoms with Crippen LogP contribution in [0.5, 0.6) is 5.75 Å². The van der Waals surface area contributed by atoms with Crippen LogP contribution < -0.4 is 0 Å². The van der Waals surface area contributed by atoms with E-state index in [9.17, 15) is 5.11 Å². The van der Waals surface area contributed by atoms with E-state index in [1.807, 2.05) is 18.2 Å². The summed E-state index contributed by atoms with van der Waals surface area (Å²) in [4.78, 5) is 0. The fourth-order valence-electron chi connectivity index (χ4n) is 1.22. The monoisotopic (exact) mass is 150 g/mol. The third-order valence-corrected chi connectivity index (χ3v) is 1.96. The van der Waals surface area contributed by atoms with E-state index in [-0.39, 0.29) is 0 Å². The van der Waals surface area contributed by atoms with Crippen molar-refractivity contribution in [1.82, 2.24) is 0 Å². The fourth-order valence-corrected chi connectivity index (χ4v) is 1.22. The Balaban J connectivity index is 3.10. The summed E-state index contributed by atoms with van der Waals surface area (Å²) in [5, 5.41) is 9.59. The third kappa shape index (κ3) is 1.53. The van der Waals surface area contributed by atoms with Crippen molar-refractivity contribution in [2.75, 3.05) is 0 Å². The van der Waals surface area contributed by atoms with E-state index in [1.165, 1.54) is 0 Å². The Bertz CT molecular complexity index is 218.